The van der Waals surface area contributed by atoms with Crippen LogP contribution in [0.4, 0.5) is 4.39 Å². The standard InChI is InChI=1S/C15H11FO/c1-3-11-6-4-5-7-13(11)12-8-9-14(16)15(10-12)17-2/h1,4-10H,2H3. The minimum atomic E-state index is -0.380. The largest absolute Gasteiger partial charge is 0.494 e. The number of terminal acetylenes is 1. The van der Waals surface area contributed by atoms with Crippen molar-refractivity contribution in [2.75, 3.05) is 7.11 Å². The maximum absolute atomic E-state index is 13.3. The van der Waals surface area contributed by atoms with Gasteiger partial charge in [0.15, 0.2) is 11.6 Å². The zero-order chi connectivity index (χ0) is 12.3. The molecule has 2 aromatic carbocycles. The minimum Gasteiger partial charge on any atom is -0.494 e. The van der Waals surface area contributed by atoms with E-state index in [9.17, 15) is 4.39 Å². The van der Waals surface area contributed by atoms with E-state index in [0.717, 1.165) is 16.7 Å². The number of hydrogen-bond acceptors (Lipinski definition) is 1. The van der Waals surface area contributed by atoms with E-state index in [-0.39, 0.29) is 11.6 Å². The van der Waals surface area contributed by atoms with Crippen molar-refractivity contribution in [2.24, 2.45) is 0 Å². The fourth-order valence-corrected chi connectivity index (χ4v) is 1.69. The van der Waals surface area contributed by atoms with Crippen LogP contribution < -0.4 is 4.74 Å². The second-order valence-corrected chi connectivity index (χ2v) is 3.54. The lowest BCUT2D eigenvalue weighted by atomic mass is 10.00. The Morgan fingerprint density at radius 3 is 2.65 bits per heavy atom. The van der Waals surface area contributed by atoms with Crippen molar-refractivity contribution >= 4 is 0 Å². The van der Waals surface area contributed by atoms with Gasteiger partial charge in [-0.1, -0.05) is 30.2 Å². The van der Waals surface area contributed by atoms with Crippen LogP contribution in [0.3, 0.4) is 0 Å². The lowest BCUT2D eigenvalue weighted by Gasteiger charge is -2.07. The predicted molar refractivity (Wildman–Crippen MR) is 66.3 cm³/mol. The van der Waals surface area contributed by atoms with Crippen LogP contribution in [0.2, 0.25) is 0 Å². The van der Waals surface area contributed by atoms with Crippen LogP contribution in [0.15, 0.2) is 42.5 Å². The van der Waals surface area contributed by atoms with E-state index in [1.165, 1.54) is 13.2 Å². The van der Waals surface area contributed by atoms with Gasteiger partial charge in [0.1, 0.15) is 0 Å². The molecule has 0 fully saturated rings. The van der Waals surface area contributed by atoms with Crippen LogP contribution >= 0.6 is 0 Å². The highest BCUT2D eigenvalue weighted by molar-refractivity contribution is 5.72. The van der Waals surface area contributed by atoms with Gasteiger partial charge in [0, 0.05) is 5.56 Å². The molecule has 0 spiro atoms. The van der Waals surface area contributed by atoms with Gasteiger partial charge in [-0.2, -0.15) is 0 Å². The van der Waals surface area contributed by atoms with E-state index in [2.05, 4.69) is 5.92 Å². The van der Waals surface area contributed by atoms with Gasteiger partial charge >= 0.3 is 0 Å². The number of ether oxygens (including phenoxy) is 1. The highest BCUT2D eigenvalue weighted by atomic mass is 19.1. The summed E-state index contributed by atoms with van der Waals surface area (Å²) in [6.07, 6.45) is 5.43. The fourth-order valence-electron chi connectivity index (χ4n) is 1.69. The van der Waals surface area contributed by atoms with Crippen molar-refractivity contribution in [3.63, 3.8) is 0 Å². The predicted octanol–water partition coefficient (Wildman–Crippen LogP) is 3.48. The number of hydrogen-bond donors (Lipinski definition) is 0. The number of methoxy groups -OCH3 is 1. The molecule has 84 valence electrons. The van der Waals surface area contributed by atoms with Crippen LogP contribution in [-0.2, 0) is 0 Å². The summed E-state index contributed by atoms with van der Waals surface area (Å²) in [5.41, 5.74) is 2.52. The lowest BCUT2D eigenvalue weighted by Crippen LogP contribution is -1.90. The molecule has 2 aromatic rings. The Morgan fingerprint density at radius 1 is 1.18 bits per heavy atom. The Bertz CT molecular complexity index is 582. The summed E-state index contributed by atoms with van der Waals surface area (Å²) in [6.45, 7) is 0. The maximum Gasteiger partial charge on any atom is 0.165 e. The summed E-state index contributed by atoms with van der Waals surface area (Å²) in [6, 6.07) is 12.2. The third kappa shape index (κ3) is 2.14. The number of rotatable bonds is 2. The Hall–Kier alpha value is -2.27. The van der Waals surface area contributed by atoms with Gasteiger partial charge < -0.3 is 4.74 Å². The molecule has 2 rings (SSSR count). The topological polar surface area (TPSA) is 9.23 Å². The molecule has 0 amide bonds. The van der Waals surface area contributed by atoms with Gasteiger partial charge in [0.2, 0.25) is 0 Å². The lowest BCUT2D eigenvalue weighted by molar-refractivity contribution is 0.387. The van der Waals surface area contributed by atoms with Crippen molar-refractivity contribution < 1.29 is 9.13 Å². The molecule has 0 radical (unpaired) electrons. The Morgan fingerprint density at radius 2 is 1.94 bits per heavy atom. The molecule has 0 bridgehead atoms. The molecule has 0 saturated heterocycles. The SMILES string of the molecule is C#Cc1ccccc1-c1ccc(F)c(OC)c1. The van der Waals surface area contributed by atoms with Crippen LogP contribution in [-0.4, -0.2) is 7.11 Å². The van der Waals surface area contributed by atoms with Crippen LogP contribution in [0, 0.1) is 18.2 Å². The first kappa shape index (κ1) is 11.2. The Labute approximate surface area is 99.9 Å². The van der Waals surface area contributed by atoms with Crippen molar-refractivity contribution in [1.82, 2.24) is 0 Å². The molecule has 0 aliphatic heterocycles. The molecule has 17 heavy (non-hydrogen) atoms. The van der Waals surface area contributed by atoms with Crippen molar-refractivity contribution in [3.05, 3.63) is 53.8 Å². The quantitative estimate of drug-likeness (QED) is 0.712. The highest BCUT2D eigenvalue weighted by Gasteiger charge is 2.07. The summed E-state index contributed by atoms with van der Waals surface area (Å²) in [5.74, 6) is 2.45. The molecular formula is C15H11FO. The summed E-state index contributed by atoms with van der Waals surface area (Å²) in [7, 11) is 1.44. The number of halogens is 1. The molecule has 0 atom stereocenters. The van der Waals surface area contributed by atoms with Gasteiger partial charge in [0.05, 0.1) is 7.11 Å². The van der Waals surface area contributed by atoms with E-state index in [1.807, 2.05) is 24.3 Å². The Balaban J connectivity index is 2.58. The molecule has 0 saturated carbocycles. The van der Waals surface area contributed by atoms with Crippen LogP contribution in [0.1, 0.15) is 5.56 Å². The smallest absolute Gasteiger partial charge is 0.165 e. The normalized spacial score (nSPS) is 9.71. The van der Waals surface area contributed by atoms with Crippen LogP contribution in [0.5, 0.6) is 5.75 Å². The molecule has 0 aliphatic carbocycles. The van der Waals surface area contributed by atoms with Gasteiger partial charge in [-0.05, 0) is 29.3 Å². The van der Waals surface area contributed by atoms with Crippen LogP contribution in [0.25, 0.3) is 11.1 Å². The van der Waals surface area contributed by atoms with E-state index >= 15 is 0 Å². The van der Waals surface area contributed by atoms with Gasteiger partial charge in [-0.15, -0.1) is 6.42 Å². The number of benzene rings is 2. The van der Waals surface area contributed by atoms with E-state index < -0.39 is 0 Å². The van der Waals surface area contributed by atoms with E-state index in [4.69, 9.17) is 11.2 Å². The first-order chi connectivity index (χ1) is 8.26. The molecule has 0 N–H and O–H groups in total. The molecule has 0 aromatic heterocycles. The third-order valence-electron chi connectivity index (χ3n) is 2.54. The van der Waals surface area contributed by atoms with Crippen molar-refractivity contribution in [3.8, 4) is 29.2 Å². The second-order valence-electron chi connectivity index (χ2n) is 3.54. The van der Waals surface area contributed by atoms with Gasteiger partial charge in [0.25, 0.3) is 0 Å². The summed E-state index contributed by atoms with van der Waals surface area (Å²) >= 11 is 0. The molecule has 1 nitrogen and oxygen atoms in total. The summed E-state index contributed by atoms with van der Waals surface area (Å²) in [5, 5.41) is 0. The molecule has 2 heteroatoms. The minimum absolute atomic E-state index is 0.217. The fraction of sp³-hybridized carbons (Fsp3) is 0.0667. The molecule has 0 unspecified atom stereocenters. The van der Waals surface area contributed by atoms with E-state index in [1.54, 1.807) is 12.1 Å². The second kappa shape index (κ2) is 4.71. The van der Waals surface area contributed by atoms with Crippen molar-refractivity contribution in [1.29, 1.82) is 0 Å². The molecular weight excluding hydrogens is 215 g/mol. The van der Waals surface area contributed by atoms with Gasteiger partial charge in [-0.25, -0.2) is 4.39 Å². The average Bonchev–Trinajstić information content (AvgIpc) is 2.39. The molecule has 0 heterocycles. The third-order valence-corrected chi connectivity index (χ3v) is 2.54. The zero-order valence-corrected chi connectivity index (χ0v) is 9.41. The first-order valence-corrected chi connectivity index (χ1v) is 5.16. The van der Waals surface area contributed by atoms with Crippen molar-refractivity contribution in [2.45, 2.75) is 0 Å². The first-order valence-electron chi connectivity index (χ1n) is 5.16. The monoisotopic (exact) mass is 226 g/mol. The van der Waals surface area contributed by atoms with E-state index in [0.29, 0.717) is 0 Å². The van der Waals surface area contributed by atoms with Gasteiger partial charge in [-0.3, -0.25) is 0 Å². The summed E-state index contributed by atoms with van der Waals surface area (Å²) in [4.78, 5) is 0. The molecule has 0 aliphatic rings. The zero-order valence-electron chi connectivity index (χ0n) is 9.41. The highest BCUT2D eigenvalue weighted by Crippen LogP contribution is 2.28. The maximum atomic E-state index is 13.3. The average molecular weight is 226 g/mol. The summed E-state index contributed by atoms with van der Waals surface area (Å²) < 4.78 is 18.3. The Kier molecular flexibility index (Phi) is 3.11.